The average molecular weight is 663 g/mol. The fourth-order valence-corrected chi connectivity index (χ4v) is 5.73. The second-order valence-corrected chi connectivity index (χ2v) is 11.6. The van der Waals surface area contributed by atoms with Crippen LogP contribution >= 0.6 is 0 Å². The van der Waals surface area contributed by atoms with E-state index in [4.69, 9.17) is 23.7 Å². The van der Waals surface area contributed by atoms with Crippen LogP contribution in [-0.2, 0) is 28.5 Å². The molecule has 0 unspecified atom stereocenters. The van der Waals surface area contributed by atoms with Crippen LogP contribution in [-0.4, -0.2) is 125 Å². The van der Waals surface area contributed by atoms with Crippen LogP contribution in [0.1, 0.15) is 39.5 Å². The number of ether oxygens (including phenoxy) is 5. The predicted octanol–water partition coefficient (Wildman–Crippen LogP) is 3.53. The van der Waals surface area contributed by atoms with E-state index in [1.807, 2.05) is 54.3 Å². The molecule has 260 valence electrons. The van der Waals surface area contributed by atoms with Crippen molar-refractivity contribution in [2.24, 2.45) is 0 Å². The fraction of sp³-hybridized carbons (Fsp3) is 0.486. The van der Waals surface area contributed by atoms with Crippen LogP contribution in [0.5, 0.6) is 0 Å². The van der Waals surface area contributed by atoms with Crippen LogP contribution < -0.4 is 5.32 Å². The van der Waals surface area contributed by atoms with E-state index in [1.165, 1.54) is 0 Å². The Bertz CT molecular complexity index is 1310. The molecule has 3 aromatic rings. The monoisotopic (exact) mass is 662 g/mol. The van der Waals surface area contributed by atoms with Crippen molar-refractivity contribution in [1.82, 2.24) is 20.1 Å². The summed E-state index contributed by atoms with van der Waals surface area (Å²) in [5.74, 6) is -0.152. The molecule has 1 aliphatic rings. The van der Waals surface area contributed by atoms with Gasteiger partial charge in [0.2, 0.25) is 5.91 Å². The Hall–Kier alpha value is -3.71. The number of nitrogens with one attached hydrogen (secondary N) is 1. The molecule has 1 aromatic heterocycles. The highest BCUT2D eigenvalue weighted by atomic mass is 16.6. The molecule has 11 heteroatoms. The smallest absolute Gasteiger partial charge is 0.255 e. The molecular formula is C37H50N4O7. The summed E-state index contributed by atoms with van der Waals surface area (Å²) in [5, 5.41) is 3.01. The first-order chi connectivity index (χ1) is 23.6. The van der Waals surface area contributed by atoms with Crippen molar-refractivity contribution < 1.29 is 33.3 Å². The number of aryl methyl sites for hydroxylation is 1. The molecule has 0 spiro atoms. The van der Waals surface area contributed by atoms with Crippen molar-refractivity contribution in [1.29, 1.82) is 0 Å². The van der Waals surface area contributed by atoms with Crippen molar-refractivity contribution in [2.75, 3.05) is 92.8 Å². The molecule has 1 saturated heterocycles. The lowest BCUT2D eigenvalue weighted by Gasteiger charge is -2.45. The van der Waals surface area contributed by atoms with Crippen LogP contribution in [0.3, 0.4) is 0 Å². The molecular weight excluding hydrogens is 612 g/mol. The molecule has 0 saturated carbocycles. The van der Waals surface area contributed by atoms with Gasteiger partial charge in [-0.05, 0) is 29.7 Å². The van der Waals surface area contributed by atoms with Crippen molar-refractivity contribution >= 4 is 11.8 Å². The van der Waals surface area contributed by atoms with Gasteiger partial charge in [0.1, 0.15) is 0 Å². The number of piperazine rings is 1. The summed E-state index contributed by atoms with van der Waals surface area (Å²) in [6.07, 6.45) is 3.59. The molecule has 11 nitrogen and oxygen atoms in total. The van der Waals surface area contributed by atoms with E-state index >= 15 is 0 Å². The van der Waals surface area contributed by atoms with Gasteiger partial charge in [0.15, 0.2) is 0 Å². The van der Waals surface area contributed by atoms with Crippen LogP contribution in [0.15, 0.2) is 79.1 Å². The predicted molar refractivity (Wildman–Crippen MR) is 183 cm³/mol. The Morgan fingerprint density at radius 3 is 1.92 bits per heavy atom. The van der Waals surface area contributed by atoms with Gasteiger partial charge in [-0.25, -0.2) is 0 Å². The van der Waals surface area contributed by atoms with Gasteiger partial charge < -0.3 is 33.9 Å². The lowest BCUT2D eigenvalue weighted by molar-refractivity contribution is -0.123. The Labute approximate surface area is 284 Å². The largest absolute Gasteiger partial charge is 0.382 e. The Morgan fingerprint density at radius 1 is 0.792 bits per heavy atom. The minimum atomic E-state index is -0.209. The summed E-state index contributed by atoms with van der Waals surface area (Å²) >= 11 is 0. The molecule has 2 aromatic carbocycles. The van der Waals surface area contributed by atoms with Crippen LogP contribution in [0.4, 0.5) is 0 Å². The summed E-state index contributed by atoms with van der Waals surface area (Å²) in [6, 6.07) is 22.3. The number of hydrogen-bond acceptors (Lipinski definition) is 9. The van der Waals surface area contributed by atoms with Gasteiger partial charge in [-0.15, -0.1) is 0 Å². The van der Waals surface area contributed by atoms with Gasteiger partial charge >= 0.3 is 0 Å². The third-order valence-corrected chi connectivity index (χ3v) is 8.04. The fourth-order valence-electron chi connectivity index (χ4n) is 5.73. The van der Waals surface area contributed by atoms with Crippen molar-refractivity contribution in [3.8, 4) is 0 Å². The van der Waals surface area contributed by atoms with Crippen molar-refractivity contribution in [3.05, 3.63) is 101 Å². The molecule has 2 amide bonds. The van der Waals surface area contributed by atoms with Crippen LogP contribution in [0.2, 0.25) is 0 Å². The van der Waals surface area contributed by atoms with E-state index in [0.717, 1.165) is 16.7 Å². The first kappa shape index (κ1) is 37.1. The number of carbonyl (C=O) groups excluding carboxylic acids is 2. The Morgan fingerprint density at radius 2 is 1.35 bits per heavy atom. The number of benzene rings is 2. The summed E-state index contributed by atoms with van der Waals surface area (Å²) < 4.78 is 26.9. The van der Waals surface area contributed by atoms with Crippen molar-refractivity contribution in [3.63, 3.8) is 0 Å². The highest BCUT2D eigenvalue weighted by Gasteiger charge is 2.36. The Balaban J connectivity index is 1.28. The number of aromatic nitrogens is 1. The maximum Gasteiger partial charge on any atom is 0.255 e. The second kappa shape index (κ2) is 21.3. The SMILES string of the molecule is COCCOCCOCCOCCOCCNC(=O)C[C@@H]1CN(C(=O)c2cncc(C)c2)CCN1C(c1ccccc1)c1ccccc1. The third kappa shape index (κ3) is 12.4. The summed E-state index contributed by atoms with van der Waals surface area (Å²) in [5.41, 5.74) is 3.78. The number of amides is 2. The van der Waals surface area contributed by atoms with Gasteiger partial charge in [-0.1, -0.05) is 60.7 Å². The lowest BCUT2D eigenvalue weighted by atomic mass is 9.93. The maximum absolute atomic E-state index is 13.6. The first-order valence-electron chi connectivity index (χ1n) is 16.7. The minimum absolute atomic E-state index is 0.0638. The standard InChI is InChI=1S/C37H50N4O7/c1-30-25-33(28-38-27-30)37(43)40-14-15-41(36(31-9-5-3-6-10-31)32-11-7-4-8-12-32)34(29-40)26-35(42)39-13-16-45-19-20-47-23-24-48-22-21-46-18-17-44-2/h3-12,25,27-28,34,36H,13-24,26,29H2,1-2H3,(H,39,42)/t34-/m1/s1. The molecule has 0 bridgehead atoms. The number of hydrogen-bond donors (Lipinski definition) is 1. The summed E-state index contributed by atoms with van der Waals surface area (Å²) in [4.78, 5) is 35.3. The zero-order valence-electron chi connectivity index (χ0n) is 28.3. The first-order valence-corrected chi connectivity index (χ1v) is 16.7. The minimum Gasteiger partial charge on any atom is -0.382 e. The molecule has 0 radical (unpaired) electrons. The van der Waals surface area contributed by atoms with Gasteiger partial charge in [-0.2, -0.15) is 0 Å². The van der Waals surface area contributed by atoms with E-state index < -0.39 is 0 Å². The molecule has 1 aliphatic heterocycles. The highest BCUT2D eigenvalue weighted by Crippen LogP contribution is 2.33. The normalized spacial score (nSPS) is 15.1. The molecule has 1 fully saturated rings. The van der Waals surface area contributed by atoms with E-state index in [-0.39, 0.29) is 30.3 Å². The highest BCUT2D eigenvalue weighted by molar-refractivity contribution is 5.94. The molecule has 48 heavy (non-hydrogen) atoms. The number of methoxy groups -OCH3 is 1. The molecule has 1 atom stereocenters. The van der Waals surface area contributed by atoms with Crippen LogP contribution in [0, 0.1) is 6.92 Å². The van der Waals surface area contributed by atoms with E-state index in [0.29, 0.717) is 91.2 Å². The van der Waals surface area contributed by atoms with E-state index in [1.54, 1.807) is 19.5 Å². The van der Waals surface area contributed by atoms with Gasteiger partial charge in [-0.3, -0.25) is 19.5 Å². The Kier molecular flexibility index (Phi) is 16.5. The summed E-state index contributed by atoms with van der Waals surface area (Å²) in [6.45, 7) is 8.28. The van der Waals surface area contributed by atoms with Gasteiger partial charge in [0, 0.05) is 58.1 Å². The number of rotatable bonds is 21. The topological polar surface area (TPSA) is 112 Å². The molecule has 0 aliphatic carbocycles. The van der Waals surface area contributed by atoms with Crippen LogP contribution in [0.25, 0.3) is 0 Å². The molecule has 2 heterocycles. The number of nitrogens with zero attached hydrogens (tertiary/aromatic N) is 3. The molecule has 1 N–H and O–H groups in total. The average Bonchev–Trinajstić information content (AvgIpc) is 3.11. The quantitative estimate of drug-likeness (QED) is 0.171. The molecule has 4 rings (SSSR count). The van der Waals surface area contributed by atoms with E-state index in [9.17, 15) is 9.59 Å². The van der Waals surface area contributed by atoms with Gasteiger partial charge in [0.25, 0.3) is 5.91 Å². The summed E-state index contributed by atoms with van der Waals surface area (Å²) in [7, 11) is 1.64. The second-order valence-electron chi connectivity index (χ2n) is 11.6. The third-order valence-electron chi connectivity index (χ3n) is 8.04. The maximum atomic E-state index is 13.6. The van der Waals surface area contributed by atoms with E-state index in [2.05, 4.69) is 39.5 Å². The number of carbonyl (C=O) groups is 2. The van der Waals surface area contributed by atoms with Crippen molar-refractivity contribution in [2.45, 2.75) is 25.4 Å². The lowest BCUT2D eigenvalue weighted by Crippen LogP contribution is -2.57. The zero-order valence-corrected chi connectivity index (χ0v) is 28.3. The number of pyridine rings is 1. The van der Waals surface area contributed by atoms with Gasteiger partial charge in [0.05, 0.1) is 71.1 Å². The zero-order chi connectivity index (χ0) is 33.8.